The van der Waals surface area contributed by atoms with E-state index in [4.69, 9.17) is 9.47 Å². The first-order valence-electron chi connectivity index (χ1n) is 7.09. The van der Waals surface area contributed by atoms with E-state index in [1.807, 2.05) is 37.5 Å². The molecule has 22 heavy (non-hydrogen) atoms. The number of aliphatic hydroxyl groups is 1. The smallest absolute Gasteiger partial charge is 0.124 e. The van der Waals surface area contributed by atoms with Crippen LogP contribution in [-0.2, 0) is 13.6 Å². The molecule has 6 heteroatoms. The van der Waals surface area contributed by atoms with E-state index >= 15 is 0 Å². The number of benzene rings is 1. The zero-order valence-electron chi connectivity index (χ0n) is 13.5. The van der Waals surface area contributed by atoms with Crippen LogP contribution in [0.25, 0.3) is 0 Å². The standard InChI is InChI=1S/C16H23N3O3/c1-18(9-12-8-17-19(2)10-12)11-15(20)14-7-13(21-3)5-6-16(14)22-4/h5-8,10,15,20H,9,11H2,1-4H3/t15-/m0/s1. The maximum atomic E-state index is 10.5. The van der Waals surface area contributed by atoms with Crippen molar-refractivity contribution in [3.8, 4) is 11.5 Å². The minimum atomic E-state index is -0.660. The molecule has 0 amide bonds. The molecule has 0 spiro atoms. The van der Waals surface area contributed by atoms with Crippen molar-refractivity contribution in [1.82, 2.24) is 14.7 Å². The highest BCUT2D eigenvalue weighted by molar-refractivity contribution is 5.41. The molecule has 0 aliphatic rings. The van der Waals surface area contributed by atoms with Crippen LogP contribution >= 0.6 is 0 Å². The fraction of sp³-hybridized carbons (Fsp3) is 0.438. The molecule has 0 aliphatic heterocycles. The number of nitrogens with zero attached hydrogens (tertiary/aromatic N) is 3. The lowest BCUT2D eigenvalue weighted by molar-refractivity contribution is 0.121. The molecule has 0 saturated carbocycles. The van der Waals surface area contributed by atoms with Gasteiger partial charge in [0.25, 0.3) is 0 Å². The highest BCUT2D eigenvalue weighted by Crippen LogP contribution is 2.29. The number of aliphatic hydroxyl groups excluding tert-OH is 1. The predicted octanol–water partition coefficient (Wildman–Crippen LogP) is 1.60. The van der Waals surface area contributed by atoms with Crippen molar-refractivity contribution in [2.45, 2.75) is 12.6 Å². The van der Waals surface area contributed by atoms with Gasteiger partial charge in [0.2, 0.25) is 0 Å². The summed E-state index contributed by atoms with van der Waals surface area (Å²) >= 11 is 0. The second kappa shape index (κ2) is 7.29. The van der Waals surface area contributed by atoms with Crippen LogP contribution in [0.5, 0.6) is 11.5 Å². The highest BCUT2D eigenvalue weighted by Gasteiger charge is 2.17. The molecule has 1 aromatic carbocycles. The molecule has 120 valence electrons. The first kappa shape index (κ1) is 16.3. The molecule has 2 rings (SSSR count). The van der Waals surface area contributed by atoms with E-state index in [0.717, 1.165) is 17.7 Å². The SMILES string of the molecule is COc1ccc(OC)c([C@@H](O)CN(C)Cc2cnn(C)c2)c1. The lowest BCUT2D eigenvalue weighted by atomic mass is 10.1. The summed E-state index contributed by atoms with van der Waals surface area (Å²) in [5, 5.41) is 14.7. The van der Waals surface area contributed by atoms with Crippen LogP contribution < -0.4 is 9.47 Å². The molecule has 0 unspecified atom stereocenters. The molecule has 0 saturated heterocycles. The van der Waals surface area contributed by atoms with Crippen molar-refractivity contribution in [3.63, 3.8) is 0 Å². The lowest BCUT2D eigenvalue weighted by Gasteiger charge is -2.22. The summed E-state index contributed by atoms with van der Waals surface area (Å²) in [4.78, 5) is 2.04. The molecule has 1 atom stereocenters. The van der Waals surface area contributed by atoms with Crippen molar-refractivity contribution in [2.75, 3.05) is 27.8 Å². The van der Waals surface area contributed by atoms with E-state index in [2.05, 4.69) is 5.10 Å². The van der Waals surface area contributed by atoms with Gasteiger partial charge >= 0.3 is 0 Å². The van der Waals surface area contributed by atoms with Gasteiger partial charge in [-0.25, -0.2) is 0 Å². The molecular weight excluding hydrogens is 282 g/mol. The predicted molar refractivity (Wildman–Crippen MR) is 84.0 cm³/mol. The van der Waals surface area contributed by atoms with Gasteiger partial charge in [-0.15, -0.1) is 0 Å². The summed E-state index contributed by atoms with van der Waals surface area (Å²) in [5.74, 6) is 1.35. The Hall–Kier alpha value is -2.05. The molecule has 2 aromatic rings. The zero-order valence-corrected chi connectivity index (χ0v) is 13.5. The third-order valence-corrected chi connectivity index (χ3v) is 3.49. The van der Waals surface area contributed by atoms with Crippen LogP contribution in [0, 0.1) is 0 Å². The first-order chi connectivity index (χ1) is 10.5. The first-order valence-corrected chi connectivity index (χ1v) is 7.09. The van der Waals surface area contributed by atoms with Gasteiger partial charge in [-0.3, -0.25) is 9.58 Å². The largest absolute Gasteiger partial charge is 0.497 e. The Kier molecular flexibility index (Phi) is 5.41. The average Bonchev–Trinajstić information content (AvgIpc) is 2.91. The van der Waals surface area contributed by atoms with E-state index in [1.54, 1.807) is 31.0 Å². The van der Waals surface area contributed by atoms with Gasteiger partial charge < -0.3 is 14.6 Å². The third-order valence-electron chi connectivity index (χ3n) is 3.49. The molecule has 0 fully saturated rings. The number of likely N-dealkylation sites (N-methyl/N-ethyl adjacent to an activating group) is 1. The van der Waals surface area contributed by atoms with Crippen LogP contribution in [0.1, 0.15) is 17.2 Å². The normalized spacial score (nSPS) is 12.5. The van der Waals surface area contributed by atoms with Gasteiger partial charge in [-0.1, -0.05) is 0 Å². The van der Waals surface area contributed by atoms with E-state index < -0.39 is 6.10 Å². The Morgan fingerprint density at radius 2 is 2.09 bits per heavy atom. The summed E-state index contributed by atoms with van der Waals surface area (Å²) < 4.78 is 12.3. The maximum absolute atomic E-state index is 10.5. The fourth-order valence-electron chi connectivity index (χ4n) is 2.42. The minimum Gasteiger partial charge on any atom is -0.497 e. The summed E-state index contributed by atoms with van der Waals surface area (Å²) in [5.41, 5.74) is 1.83. The second-order valence-electron chi connectivity index (χ2n) is 5.34. The van der Waals surface area contributed by atoms with E-state index in [9.17, 15) is 5.11 Å². The summed E-state index contributed by atoms with van der Waals surface area (Å²) in [7, 11) is 7.05. The van der Waals surface area contributed by atoms with Crippen LogP contribution in [0.15, 0.2) is 30.6 Å². The monoisotopic (exact) mass is 305 g/mol. The third kappa shape index (κ3) is 3.99. The Balaban J connectivity index is 2.05. The molecule has 0 radical (unpaired) electrons. The number of hydrogen-bond acceptors (Lipinski definition) is 5. The molecule has 1 heterocycles. The zero-order chi connectivity index (χ0) is 16.1. The minimum absolute atomic E-state index is 0.485. The maximum Gasteiger partial charge on any atom is 0.124 e. The number of aromatic nitrogens is 2. The van der Waals surface area contributed by atoms with Gasteiger partial charge in [0, 0.05) is 37.5 Å². The van der Waals surface area contributed by atoms with Crippen LogP contribution in [0.2, 0.25) is 0 Å². The van der Waals surface area contributed by atoms with Gasteiger partial charge in [0.05, 0.1) is 26.5 Å². The molecule has 0 bridgehead atoms. The Morgan fingerprint density at radius 1 is 1.32 bits per heavy atom. The second-order valence-corrected chi connectivity index (χ2v) is 5.34. The van der Waals surface area contributed by atoms with Crippen LogP contribution in [0.3, 0.4) is 0 Å². The van der Waals surface area contributed by atoms with Gasteiger partial charge in [-0.05, 0) is 25.2 Å². The van der Waals surface area contributed by atoms with Crippen molar-refractivity contribution in [2.24, 2.45) is 7.05 Å². The van der Waals surface area contributed by atoms with E-state index in [0.29, 0.717) is 18.0 Å². The Bertz CT molecular complexity index is 612. The van der Waals surface area contributed by atoms with E-state index in [1.165, 1.54) is 0 Å². The molecule has 1 aromatic heterocycles. The van der Waals surface area contributed by atoms with Crippen molar-refractivity contribution >= 4 is 0 Å². The van der Waals surface area contributed by atoms with Gasteiger partial charge in [-0.2, -0.15) is 5.10 Å². The van der Waals surface area contributed by atoms with Crippen molar-refractivity contribution < 1.29 is 14.6 Å². The number of aryl methyl sites for hydroxylation is 1. The average molecular weight is 305 g/mol. The number of hydrogen-bond donors (Lipinski definition) is 1. The highest BCUT2D eigenvalue weighted by atomic mass is 16.5. The number of ether oxygens (including phenoxy) is 2. The van der Waals surface area contributed by atoms with Crippen LogP contribution in [0.4, 0.5) is 0 Å². The molecular formula is C16H23N3O3. The summed E-state index contributed by atoms with van der Waals surface area (Å²) in [6.45, 7) is 1.20. The number of rotatable bonds is 7. The fourth-order valence-corrected chi connectivity index (χ4v) is 2.42. The van der Waals surface area contributed by atoms with Gasteiger partial charge in [0.15, 0.2) is 0 Å². The van der Waals surface area contributed by atoms with E-state index in [-0.39, 0.29) is 0 Å². The van der Waals surface area contributed by atoms with Crippen molar-refractivity contribution in [1.29, 1.82) is 0 Å². The number of methoxy groups -OCH3 is 2. The summed E-state index contributed by atoms with van der Waals surface area (Å²) in [6.07, 6.45) is 3.14. The molecule has 6 nitrogen and oxygen atoms in total. The van der Waals surface area contributed by atoms with Crippen LogP contribution in [-0.4, -0.2) is 47.6 Å². The quantitative estimate of drug-likeness (QED) is 0.842. The Labute approximate surface area is 130 Å². The van der Waals surface area contributed by atoms with Gasteiger partial charge in [0.1, 0.15) is 11.5 Å². The Morgan fingerprint density at radius 3 is 2.68 bits per heavy atom. The molecule has 0 aliphatic carbocycles. The lowest BCUT2D eigenvalue weighted by Crippen LogP contribution is -2.24. The van der Waals surface area contributed by atoms with Crippen molar-refractivity contribution in [3.05, 3.63) is 41.7 Å². The molecule has 1 N–H and O–H groups in total. The topological polar surface area (TPSA) is 59.8 Å². The summed E-state index contributed by atoms with van der Waals surface area (Å²) in [6, 6.07) is 5.42.